The second kappa shape index (κ2) is 30.1. The van der Waals surface area contributed by atoms with Crippen molar-refractivity contribution in [1.29, 1.82) is 0 Å². The molecule has 5 N–H and O–H groups in total. The predicted octanol–water partition coefficient (Wildman–Crippen LogP) is 1.33. The zero-order valence-electron chi connectivity index (χ0n) is 37.8. The first-order chi connectivity index (χ1) is 31.3. The number of benzene rings is 1. The SMILES string of the molecule is CCCCCCC(=O)NCCC(NC(=O)Cn1cc(CCCF)nn1)C(=O)NCCOCCOCCOCCn1cc(CN(C(C(=O)NO)C(C)C)S(=O)(=O)c2ccc(OC)cc2)nn1. The molecule has 0 radical (unpaired) electrons. The van der Waals surface area contributed by atoms with Gasteiger partial charge in [-0.15, -0.1) is 10.2 Å². The van der Waals surface area contributed by atoms with Gasteiger partial charge in [-0.3, -0.25) is 28.8 Å². The van der Waals surface area contributed by atoms with E-state index in [4.69, 9.17) is 18.9 Å². The van der Waals surface area contributed by atoms with E-state index in [-0.39, 0.29) is 88.7 Å². The van der Waals surface area contributed by atoms with E-state index in [0.29, 0.717) is 37.3 Å². The van der Waals surface area contributed by atoms with Crippen LogP contribution in [0.15, 0.2) is 41.6 Å². The fraction of sp³-hybridized carbons (Fsp3) is 0.659. The molecule has 0 spiro atoms. The number of methoxy groups -OCH3 is 1. The van der Waals surface area contributed by atoms with Crippen molar-refractivity contribution in [3.05, 3.63) is 48.0 Å². The Bertz CT molecular complexity index is 1970. The summed E-state index contributed by atoms with van der Waals surface area (Å²) < 4.78 is 65.8. The van der Waals surface area contributed by atoms with Gasteiger partial charge in [-0.2, -0.15) is 4.31 Å². The first-order valence-electron chi connectivity index (χ1n) is 21.8. The van der Waals surface area contributed by atoms with Gasteiger partial charge in [0, 0.05) is 31.9 Å². The summed E-state index contributed by atoms with van der Waals surface area (Å²) in [6.45, 7) is 6.55. The summed E-state index contributed by atoms with van der Waals surface area (Å²) in [6.07, 6.45) is 8.22. The monoisotopic (exact) mass is 939 g/mol. The first-order valence-corrected chi connectivity index (χ1v) is 23.3. The largest absolute Gasteiger partial charge is 0.497 e. The number of nitrogens with one attached hydrogen (secondary N) is 4. The van der Waals surface area contributed by atoms with E-state index >= 15 is 0 Å². The van der Waals surface area contributed by atoms with Crippen molar-refractivity contribution in [2.45, 2.75) is 109 Å². The number of unbranched alkanes of at least 4 members (excludes halogenated alkanes) is 3. The van der Waals surface area contributed by atoms with Gasteiger partial charge in [0.2, 0.25) is 27.7 Å². The van der Waals surface area contributed by atoms with Crippen LogP contribution in [0, 0.1) is 5.92 Å². The predicted molar refractivity (Wildman–Crippen MR) is 232 cm³/mol. The number of alkyl halides is 1. The van der Waals surface area contributed by atoms with E-state index < -0.39 is 52.4 Å². The normalized spacial score (nSPS) is 12.6. The summed E-state index contributed by atoms with van der Waals surface area (Å²) in [7, 11) is -2.79. The molecule has 4 amide bonds. The maximum absolute atomic E-state index is 13.8. The van der Waals surface area contributed by atoms with Crippen molar-refractivity contribution >= 4 is 33.7 Å². The number of aromatic nitrogens is 6. The lowest BCUT2D eigenvalue weighted by atomic mass is 10.0. The molecule has 1 aromatic carbocycles. The molecule has 24 heteroatoms. The fourth-order valence-corrected chi connectivity index (χ4v) is 8.08. The smallest absolute Gasteiger partial charge is 0.262 e. The van der Waals surface area contributed by atoms with Crippen molar-refractivity contribution < 1.29 is 56.1 Å². The summed E-state index contributed by atoms with van der Waals surface area (Å²) in [5, 5.41) is 33.7. The molecule has 0 saturated heterocycles. The maximum Gasteiger partial charge on any atom is 0.262 e. The van der Waals surface area contributed by atoms with Gasteiger partial charge in [0.05, 0.1) is 82.8 Å². The Morgan fingerprint density at radius 2 is 1.48 bits per heavy atom. The molecule has 3 aromatic rings. The van der Waals surface area contributed by atoms with Gasteiger partial charge in [0.25, 0.3) is 5.91 Å². The number of ether oxygens (including phenoxy) is 4. The molecule has 65 heavy (non-hydrogen) atoms. The van der Waals surface area contributed by atoms with Crippen LogP contribution in [-0.4, -0.2) is 150 Å². The molecule has 22 nitrogen and oxygen atoms in total. The first kappa shape index (κ1) is 54.2. The number of amides is 4. The van der Waals surface area contributed by atoms with Crippen molar-refractivity contribution in [2.75, 3.05) is 66.5 Å². The lowest BCUT2D eigenvalue weighted by Crippen LogP contribution is -2.51. The quantitative estimate of drug-likeness (QED) is 0.0316. The van der Waals surface area contributed by atoms with Gasteiger partial charge in [0.15, 0.2) is 0 Å². The van der Waals surface area contributed by atoms with Crippen molar-refractivity contribution in [1.82, 2.24) is 55.7 Å². The molecule has 3 rings (SSSR count). The zero-order chi connectivity index (χ0) is 47.5. The van der Waals surface area contributed by atoms with E-state index in [2.05, 4.69) is 43.5 Å². The Hall–Kier alpha value is -5.14. The van der Waals surface area contributed by atoms with E-state index in [0.717, 1.165) is 30.0 Å². The summed E-state index contributed by atoms with van der Waals surface area (Å²) in [4.78, 5) is 50.8. The summed E-state index contributed by atoms with van der Waals surface area (Å²) in [5.74, 6) is -1.99. The van der Waals surface area contributed by atoms with E-state index in [1.54, 1.807) is 31.7 Å². The van der Waals surface area contributed by atoms with Crippen LogP contribution in [0.5, 0.6) is 5.75 Å². The number of carbonyl (C=O) groups is 4. The van der Waals surface area contributed by atoms with Gasteiger partial charge in [-0.1, -0.05) is 50.5 Å². The topological polar surface area (TPSA) is 272 Å². The average molecular weight is 940 g/mol. The van der Waals surface area contributed by atoms with Crippen LogP contribution >= 0.6 is 0 Å². The second-order valence-electron chi connectivity index (χ2n) is 15.3. The Labute approximate surface area is 379 Å². The maximum atomic E-state index is 13.8. The number of aryl methyl sites for hydroxylation is 1. The Balaban J connectivity index is 1.37. The van der Waals surface area contributed by atoms with Gasteiger partial charge in [-0.05, 0) is 55.9 Å². The van der Waals surface area contributed by atoms with Crippen LogP contribution < -0.4 is 26.2 Å². The summed E-state index contributed by atoms with van der Waals surface area (Å²) in [5.41, 5.74) is 2.40. The molecule has 0 fully saturated rings. The van der Waals surface area contributed by atoms with E-state index in [9.17, 15) is 37.2 Å². The van der Waals surface area contributed by atoms with E-state index in [1.165, 1.54) is 40.7 Å². The van der Waals surface area contributed by atoms with Gasteiger partial charge in [0.1, 0.15) is 24.4 Å². The van der Waals surface area contributed by atoms with Crippen LogP contribution in [0.3, 0.4) is 0 Å². The molecular formula is C41H66FN11O11S. The zero-order valence-corrected chi connectivity index (χ0v) is 38.6. The van der Waals surface area contributed by atoms with Crippen LogP contribution in [0.1, 0.15) is 77.1 Å². The van der Waals surface area contributed by atoms with E-state index in [1.807, 2.05) is 0 Å². The molecule has 2 heterocycles. The van der Waals surface area contributed by atoms with Crippen molar-refractivity contribution in [2.24, 2.45) is 5.92 Å². The van der Waals surface area contributed by atoms with Gasteiger partial charge < -0.3 is 34.9 Å². The third kappa shape index (κ3) is 19.9. The number of hydroxylamine groups is 1. The minimum Gasteiger partial charge on any atom is -0.497 e. The fourth-order valence-electron chi connectivity index (χ4n) is 6.39. The van der Waals surface area contributed by atoms with Crippen molar-refractivity contribution in [3.8, 4) is 5.75 Å². The van der Waals surface area contributed by atoms with Gasteiger partial charge >= 0.3 is 0 Å². The van der Waals surface area contributed by atoms with Crippen LogP contribution in [0.2, 0.25) is 0 Å². The molecule has 0 saturated carbocycles. The minimum atomic E-state index is -4.25. The summed E-state index contributed by atoms with van der Waals surface area (Å²) in [6, 6.07) is 3.53. The molecule has 0 bridgehead atoms. The minimum absolute atomic E-state index is 0.0749. The number of nitrogens with zero attached hydrogens (tertiary/aromatic N) is 7. The third-order valence-electron chi connectivity index (χ3n) is 9.77. The van der Waals surface area contributed by atoms with Crippen LogP contribution in [0.25, 0.3) is 0 Å². The third-order valence-corrected chi connectivity index (χ3v) is 11.6. The van der Waals surface area contributed by atoms with Crippen molar-refractivity contribution in [3.63, 3.8) is 0 Å². The molecule has 2 unspecified atom stereocenters. The number of carbonyl (C=O) groups excluding carboxylic acids is 4. The highest BCUT2D eigenvalue weighted by Crippen LogP contribution is 2.26. The number of rotatable bonds is 35. The van der Waals surface area contributed by atoms with Gasteiger partial charge in [-0.25, -0.2) is 23.3 Å². The number of hydrogen-bond donors (Lipinski definition) is 5. The highest BCUT2D eigenvalue weighted by atomic mass is 32.2. The highest BCUT2D eigenvalue weighted by molar-refractivity contribution is 7.89. The molecule has 2 aromatic heterocycles. The molecule has 0 aliphatic rings. The lowest BCUT2D eigenvalue weighted by molar-refractivity contribution is -0.134. The number of sulfonamides is 1. The summed E-state index contributed by atoms with van der Waals surface area (Å²) >= 11 is 0. The average Bonchev–Trinajstić information content (AvgIpc) is 3.95. The van der Waals surface area contributed by atoms with Crippen LogP contribution in [0.4, 0.5) is 4.39 Å². The lowest BCUT2D eigenvalue weighted by Gasteiger charge is -2.31. The molecular weight excluding hydrogens is 874 g/mol. The Morgan fingerprint density at radius 3 is 2.14 bits per heavy atom. The number of hydrogen-bond acceptors (Lipinski definition) is 15. The second-order valence-corrected chi connectivity index (χ2v) is 17.2. The molecule has 2 atom stereocenters. The Morgan fingerprint density at radius 1 is 0.815 bits per heavy atom. The highest BCUT2D eigenvalue weighted by Gasteiger charge is 2.38. The van der Waals surface area contributed by atoms with Crippen LogP contribution in [-0.2, 0) is 69.5 Å². The standard InChI is InChI=1S/C41H66FN11O11S/c1-5-6-7-8-11-37(54)43-18-16-36(45-38(55)30-52-27-32(46-50-52)10-9-17-42)40(56)44-19-21-62-23-25-64-26-24-63-22-20-51-28-33(47-49-51)29-53(39(31(2)3)41(57)48-58)65(59,60)35-14-12-34(61-4)13-15-35/h12-15,27-28,31,36,39,58H,5-11,16-26,29-30H2,1-4H3,(H,43,54)(H,44,56)(H,45,55)(H,48,57). The molecule has 364 valence electrons. The number of halogens is 1. The molecule has 0 aliphatic heterocycles. The molecule has 0 aliphatic carbocycles. The Kier molecular flexibility index (Phi) is 25.1.